The molecule has 0 bridgehead atoms. The van der Waals surface area contributed by atoms with E-state index in [2.05, 4.69) is 9.71 Å². The Labute approximate surface area is 261 Å². The van der Waals surface area contributed by atoms with Crippen LogP contribution in [0.25, 0.3) is 6.08 Å². The highest BCUT2D eigenvalue weighted by atomic mass is 32.2. The molecule has 13 nitrogen and oxygen atoms in total. The first-order valence-electron chi connectivity index (χ1n) is 14.0. The molecule has 0 saturated carbocycles. The van der Waals surface area contributed by atoms with E-state index in [1.165, 1.54) is 37.3 Å². The quantitative estimate of drug-likeness (QED) is 0.0731. The third-order valence-corrected chi connectivity index (χ3v) is 7.03. The number of sulfonamides is 1. The molecule has 16 heteroatoms. The van der Waals surface area contributed by atoms with Gasteiger partial charge in [0.15, 0.2) is 23.3 Å². The molecule has 0 atom stereocenters. The van der Waals surface area contributed by atoms with Crippen molar-refractivity contribution in [2.45, 2.75) is 18.7 Å². The van der Waals surface area contributed by atoms with Crippen LogP contribution in [0.4, 0.5) is 8.78 Å². The Morgan fingerprint density at radius 1 is 0.844 bits per heavy atom. The molecule has 2 rings (SSSR count). The second-order valence-electron chi connectivity index (χ2n) is 9.10. The monoisotopic (exact) mass is 658 g/mol. The van der Waals surface area contributed by atoms with Crippen molar-refractivity contribution in [2.24, 2.45) is 16.5 Å². The van der Waals surface area contributed by atoms with Gasteiger partial charge in [-0.1, -0.05) is 0 Å². The second kappa shape index (κ2) is 20.5. The fourth-order valence-corrected chi connectivity index (χ4v) is 4.45. The minimum Gasteiger partial charge on any atom is -0.451 e. The Hall–Kier alpha value is -3.51. The van der Waals surface area contributed by atoms with Crippen molar-refractivity contribution in [1.29, 1.82) is 0 Å². The van der Waals surface area contributed by atoms with Crippen molar-refractivity contribution >= 4 is 28.0 Å². The van der Waals surface area contributed by atoms with E-state index in [4.69, 9.17) is 39.9 Å². The molecule has 0 aromatic heterocycles. The normalized spacial score (nSPS) is 11.9. The van der Waals surface area contributed by atoms with Crippen molar-refractivity contribution in [3.8, 4) is 11.5 Å². The van der Waals surface area contributed by atoms with Crippen molar-refractivity contribution in [3.05, 3.63) is 59.2 Å². The number of amides is 1. The van der Waals surface area contributed by atoms with Crippen LogP contribution in [0.3, 0.4) is 0 Å². The van der Waals surface area contributed by atoms with Crippen LogP contribution in [0.15, 0.2) is 51.9 Å². The minimum absolute atomic E-state index is 0.00580. The lowest BCUT2D eigenvalue weighted by molar-refractivity contribution is -0.114. The van der Waals surface area contributed by atoms with Crippen molar-refractivity contribution in [1.82, 2.24) is 4.72 Å². The van der Waals surface area contributed by atoms with Crippen LogP contribution in [0.1, 0.15) is 19.4 Å². The lowest BCUT2D eigenvalue weighted by Crippen LogP contribution is -2.27. The number of ether oxygens (including phenoxy) is 6. The summed E-state index contributed by atoms with van der Waals surface area (Å²) in [5.41, 5.74) is 10.4. The van der Waals surface area contributed by atoms with E-state index in [1.54, 1.807) is 0 Å². The number of hydrogen-bond acceptors (Lipinski definition) is 9. The molecule has 1 amide bonds. The lowest BCUT2D eigenvalue weighted by atomic mass is 10.1. The van der Waals surface area contributed by atoms with Crippen molar-refractivity contribution in [2.75, 3.05) is 72.6 Å². The number of carbonyl (C=O) groups is 1. The topological polar surface area (TPSA) is 183 Å². The first-order chi connectivity index (χ1) is 21.5. The first kappa shape index (κ1) is 37.7. The van der Waals surface area contributed by atoms with Gasteiger partial charge in [-0.15, -0.1) is 0 Å². The lowest BCUT2D eigenvalue weighted by Gasteiger charge is -2.11. The summed E-state index contributed by atoms with van der Waals surface area (Å²) in [6.45, 7) is 7.52. The Balaban J connectivity index is 1.71. The molecule has 0 aliphatic carbocycles. The van der Waals surface area contributed by atoms with Gasteiger partial charge in [-0.05, 0) is 61.9 Å². The Bertz CT molecular complexity index is 1350. The molecule has 0 saturated heterocycles. The summed E-state index contributed by atoms with van der Waals surface area (Å²) in [4.78, 5) is 15.1. The van der Waals surface area contributed by atoms with Gasteiger partial charge in [-0.3, -0.25) is 4.79 Å². The zero-order chi connectivity index (χ0) is 33.1. The van der Waals surface area contributed by atoms with Gasteiger partial charge < -0.3 is 39.9 Å². The molecular weight excluding hydrogens is 618 g/mol. The third-order valence-electron chi connectivity index (χ3n) is 5.56. The molecule has 250 valence electrons. The number of benzene rings is 2. The van der Waals surface area contributed by atoms with Gasteiger partial charge in [0.1, 0.15) is 5.75 Å². The molecule has 0 unspecified atom stereocenters. The maximum absolute atomic E-state index is 14.6. The first-order valence-corrected chi connectivity index (χ1v) is 15.5. The van der Waals surface area contributed by atoms with Gasteiger partial charge in [-0.2, -0.15) is 4.99 Å². The largest absolute Gasteiger partial charge is 0.451 e. The predicted molar refractivity (Wildman–Crippen MR) is 162 cm³/mol. The van der Waals surface area contributed by atoms with Crippen LogP contribution in [-0.2, 0) is 38.5 Å². The second-order valence-corrected chi connectivity index (χ2v) is 10.9. The fourth-order valence-electron chi connectivity index (χ4n) is 3.44. The molecule has 0 heterocycles. The Morgan fingerprint density at radius 2 is 1.33 bits per heavy atom. The number of nitrogens with two attached hydrogens (primary N) is 2. The van der Waals surface area contributed by atoms with E-state index in [0.29, 0.717) is 52.9 Å². The number of rotatable bonds is 22. The molecule has 45 heavy (non-hydrogen) atoms. The van der Waals surface area contributed by atoms with E-state index in [1.807, 2.05) is 6.92 Å². The number of carbonyl (C=O) groups excluding carboxylic acids is 1. The summed E-state index contributed by atoms with van der Waals surface area (Å²) in [5.74, 6) is -4.01. The summed E-state index contributed by atoms with van der Waals surface area (Å²) in [6, 6.07) is 6.89. The van der Waals surface area contributed by atoms with E-state index in [0.717, 1.165) is 12.1 Å². The van der Waals surface area contributed by atoms with E-state index in [9.17, 15) is 22.0 Å². The van der Waals surface area contributed by atoms with Gasteiger partial charge in [-0.25, -0.2) is 21.9 Å². The summed E-state index contributed by atoms with van der Waals surface area (Å²) in [7, 11) is -3.87. The summed E-state index contributed by atoms with van der Waals surface area (Å²) in [5, 5.41) is 0. The number of hydrogen-bond donors (Lipinski definition) is 3. The SMILES string of the molecule is CCOCCOCCOCCOCCOCCNS(=O)(=O)c1ccc(Oc2c(F)cc(/C=C(\C)C(=O)N=C(N)N)cc2F)cc1. The highest BCUT2D eigenvalue weighted by molar-refractivity contribution is 7.89. The number of guanidine groups is 1. The van der Waals surface area contributed by atoms with Gasteiger partial charge in [0.25, 0.3) is 5.91 Å². The zero-order valence-corrected chi connectivity index (χ0v) is 26.1. The predicted octanol–water partition coefficient (Wildman–Crippen LogP) is 2.34. The van der Waals surface area contributed by atoms with Crippen LogP contribution in [-0.4, -0.2) is 92.9 Å². The molecule has 2 aromatic rings. The molecular formula is C29H40F2N4O9S. The van der Waals surface area contributed by atoms with E-state index >= 15 is 0 Å². The van der Waals surface area contributed by atoms with Crippen molar-refractivity contribution in [3.63, 3.8) is 0 Å². The average molecular weight is 659 g/mol. The van der Waals surface area contributed by atoms with Crippen molar-refractivity contribution < 1.29 is 50.4 Å². The molecule has 0 aliphatic rings. The van der Waals surface area contributed by atoms with Crippen LogP contribution < -0.4 is 20.9 Å². The highest BCUT2D eigenvalue weighted by Crippen LogP contribution is 2.30. The highest BCUT2D eigenvalue weighted by Gasteiger charge is 2.17. The zero-order valence-electron chi connectivity index (χ0n) is 25.3. The molecule has 0 spiro atoms. The van der Waals surface area contributed by atoms with E-state index in [-0.39, 0.29) is 41.5 Å². The van der Waals surface area contributed by atoms with Gasteiger partial charge >= 0.3 is 0 Å². The van der Waals surface area contributed by atoms with E-state index < -0.39 is 39.3 Å². The maximum atomic E-state index is 14.6. The Kier molecular flexibility index (Phi) is 17.2. The smallest absolute Gasteiger partial charge is 0.275 e. The molecule has 0 radical (unpaired) electrons. The van der Waals surface area contributed by atoms with Crippen LogP contribution in [0.2, 0.25) is 0 Å². The maximum Gasteiger partial charge on any atom is 0.275 e. The molecule has 2 aromatic carbocycles. The van der Waals surface area contributed by atoms with Gasteiger partial charge in [0, 0.05) is 18.7 Å². The number of halogens is 2. The number of nitrogens with one attached hydrogen (secondary N) is 1. The van der Waals surface area contributed by atoms with Crippen LogP contribution in [0.5, 0.6) is 11.5 Å². The number of aliphatic imine (C=N–C) groups is 1. The summed E-state index contributed by atoms with van der Waals surface area (Å²) >= 11 is 0. The van der Waals surface area contributed by atoms with Crippen LogP contribution in [0, 0.1) is 11.6 Å². The standard InChI is InChI=1S/C29H40F2N4O9S/c1-3-39-10-11-41-14-15-43-17-16-42-13-12-40-9-8-34-45(37,38)24-6-4-23(5-7-24)44-27-25(30)19-22(20-26(27)31)18-21(2)28(36)35-29(32)33/h4-7,18-20,34H,3,8-17H2,1-2H3,(H4,32,33,35,36)/b21-18+. The number of nitrogens with zero attached hydrogens (tertiary/aromatic N) is 1. The van der Waals surface area contributed by atoms with Gasteiger partial charge in [0.2, 0.25) is 10.0 Å². The van der Waals surface area contributed by atoms with Gasteiger partial charge in [0.05, 0.1) is 64.4 Å². The van der Waals surface area contributed by atoms with Crippen LogP contribution >= 0.6 is 0 Å². The Morgan fingerprint density at radius 3 is 1.82 bits per heavy atom. The summed E-state index contributed by atoms with van der Waals surface area (Å²) < 4.78 is 88.7. The summed E-state index contributed by atoms with van der Waals surface area (Å²) in [6.07, 6.45) is 1.21. The minimum atomic E-state index is -3.87. The average Bonchev–Trinajstić information content (AvgIpc) is 2.98. The fraction of sp³-hybridized carbons (Fsp3) is 0.448. The third kappa shape index (κ3) is 14.9. The molecule has 0 fully saturated rings. The molecule has 5 N–H and O–H groups in total. The molecule has 0 aliphatic heterocycles.